The van der Waals surface area contributed by atoms with Crippen molar-refractivity contribution in [1.82, 2.24) is 14.8 Å². The summed E-state index contributed by atoms with van der Waals surface area (Å²) in [7, 11) is 0. The van der Waals surface area contributed by atoms with Crippen LogP contribution in [-0.2, 0) is 13.1 Å². The third kappa shape index (κ3) is 4.19. The number of hydrogen-bond acceptors (Lipinski definition) is 6. The van der Waals surface area contributed by atoms with Crippen LogP contribution in [0.3, 0.4) is 0 Å². The molecule has 0 saturated carbocycles. The summed E-state index contributed by atoms with van der Waals surface area (Å²) in [6, 6.07) is 13.2. The fourth-order valence-electron chi connectivity index (χ4n) is 4.79. The number of pyridine rings is 1. The molecular formula is C25H24N4O4S. The molecule has 174 valence electrons. The van der Waals surface area contributed by atoms with Gasteiger partial charge in [0.1, 0.15) is 0 Å². The minimum absolute atomic E-state index is 0.0113. The highest BCUT2D eigenvalue weighted by Gasteiger charge is 2.31. The van der Waals surface area contributed by atoms with Crippen molar-refractivity contribution < 1.29 is 14.5 Å². The number of aromatic nitrogens is 1. The normalized spacial score (nSPS) is 15.9. The average molecular weight is 477 g/mol. The molecule has 3 aromatic rings. The van der Waals surface area contributed by atoms with Gasteiger partial charge in [-0.3, -0.25) is 24.7 Å². The molecule has 0 bridgehead atoms. The molecule has 0 radical (unpaired) electrons. The van der Waals surface area contributed by atoms with Crippen molar-refractivity contribution in [1.29, 1.82) is 0 Å². The van der Waals surface area contributed by atoms with E-state index in [0.717, 1.165) is 22.7 Å². The number of carbonyl (C=O) groups is 2. The van der Waals surface area contributed by atoms with Crippen molar-refractivity contribution in [2.45, 2.75) is 38.8 Å². The Kier molecular flexibility index (Phi) is 5.87. The van der Waals surface area contributed by atoms with Gasteiger partial charge in [0, 0.05) is 49.2 Å². The van der Waals surface area contributed by atoms with Gasteiger partial charge in [0.15, 0.2) is 0 Å². The highest BCUT2D eigenvalue weighted by molar-refractivity contribution is 7.13. The van der Waals surface area contributed by atoms with Gasteiger partial charge in [0.2, 0.25) is 0 Å². The minimum Gasteiger partial charge on any atom is -0.339 e. The summed E-state index contributed by atoms with van der Waals surface area (Å²) >= 11 is 0.963. The van der Waals surface area contributed by atoms with Crippen LogP contribution in [0.4, 0.5) is 5.00 Å². The third-order valence-corrected chi connectivity index (χ3v) is 7.48. The standard InChI is InChI=1S/C25H24N4O4S/c1-16-6-7-21(25(31)28-13-18-4-2-3-5-19(18)14-28)23(26-16)17-8-10-27(11-9-17)24(30)20-12-22(29(32)33)34-15-20/h2-7,12,15,17H,8-11,13-14H2,1H3. The number of amides is 2. The van der Waals surface area contributed by atoms with Gasteiger partial charge >= 0.3 is 5.00 Å². The van der Waals surface area contributed by atoms with Crippen molar-refractivity contribution in [3.8, 4) is 0 Å². The maximum Gasteiger partial charge on any atom is 0.324 e. The molecule has 2 aliphatic rings. The SMILES string of the molecule is Cc1ccc(C(=O)N2Cc3ccccc3C2)c(C2CCN(C(=O)c3csc([N+](=O)[O-])c3)CC2)n1. The summed E-state index contributed by atoms with van der Waals surface area (Å²) in [5.74, 6) is -0.126. The molecule has 0 atom stereocenters. The lowest BCUT2D eigenvalue weighted by atomic mass is 9.89. The smallest absolute Gasteiger partial charge is 0.324 e. The van der Waals surface area contributed by atoms with Gasteiger partial charge in [0.05, 0.1) is 21.7 Å². The number of thiophene rings is 1. The Morgan fingerprint density at radius 3 is 2.32 bits per heavy atom. The van der Waals surface area contributed by atoms with Crippen molar-refractivity contribution in [2.24, 2.45) is 0 Å². The zero-order chi connectivity index (χ0) is 23.8. The zero-order valence-corrected chi connectivity index (χ0v) is 19.6. The predicted octanol–water partition coefficient (Wildman–Crippen LogP) is 4.54. The number of carbonyl (C=O) groups excluding carboxylic acids is 2. The van der Waals surface area contributed by atoms with E-state index in [9.17, 15) is 19.7 Å². The van der Waals surface area contributed by atoms with Crippen LogP contribution in [-0.4, -0.2) is 44.6 Å². The van der Waals surface area contributed by atoms with Crippen LogP contribution in [0.25, 0.3) is 0 Å². The fourth-order valence-corrected chi connectivity index (χ4v) is 5.48. The van der Waals surface area contributed by atoms with E-state index in [1.54, 1.807) is 10.3 Å². The number of aryl methyl sites for hydroxylation is 1. The lowest BCUT2D eigenvalue weighted by Crippen LogP contribution is -2.38. The summed E-state index contributed by atoms with van der Waals surface area (Å²) in [5, 5.41) is 12.4. The summed E-state index contributed by atoms with van der Waals surface area (Å²) in [6.45, 7) is 4.16. The second kappa shape index (κ2) is 8.98. The van der Waals surface area contributed by atoms with Crippen LogP contribution in [0.15, 0.2) is 47.8 Å². The molecule has 1 fully saturated rings. The summed E-state index contributed by atoms with van der Waals surface area (Å²) in [4.78, 5) is 45.1. The number of rotatable bonds is 4. The Morgan fingerprint density at radius 2 is 1.71 bits per heavy atom. The first kappa shape index (κ1) is 22.2. The lowest BCUT2D eigenvalue weighted by molar-refractivity contribution is -0.380. The molecule has 4 heterocycles. The van der Waals surface area contributed by atoms with E-state index in [2.05, 4.69) is 12.1 Å². The van der Waals surface area contributed by atoms with Gasteiger partial charge in [0.25, 0.3) is 11.8 Å². The predicted molar refractivity (Wildman–Crippen MR) is 128 cm³/mol. The van der Waals surface area contributed by atoms with Crippen LogP contribution < -0.4 is 0 Å². The van der Waals surface area contributed by atoms with Crippen molar-refractivity contribution in [3.63, 3.8) is 0 Å². The molecule has 2 amide bonds. The average Bonchev–Trinajstić information content (AvgIpc) is 3.51. The minimum atomic E-state index is -0.478. The highest BCUT2D eigenvalue weighted by atomic mass is 32.1. The van der Waals surface area contributed by atoms with E-state index in [1.165, 1.54) is 17.2 Å². The molecule has 9 heteroatoms. The second-order valence-electron chi connectivity index (χ2n) is 8.81. The molecule has 1 aromatic carbocycles. The second-order valence-corrected chi connectivity index (χ2v) is 9.70. The number of nitro groups is 1. The molecule has 0 aliphatic carbocycles. The fraction of sp³-hybridized carbons (Fsp3) is 0.320. The quantitative estimate of drug-likeness (QED) is 0.407. The van der Waals surface area contributed by atoms with Crippen molar-refractivity contribution in [3.05, 3.63) is 91.6 Å². The Bertz CT molecular complexity index is 1250. The van der Waals surface area contributed by atoms with Crippen molar-refractivity contribution in [2.75, 3.05) is 13.1 Å². The van der Waals surface area contributed by atoms with E-state index in [1.807, 2.05) is 36.1 Å². The monoisotopic (exact) mass is 476 g/mol. The number of fused-ring (bicyclic) bond motifs is 1. The van der Waals surface area contributed by atoms with Crippen LogP contribution in [0.5, 0.6) is 0 Å². The topological polar surface area (TPSA) is 96.7 Å². The van der Waals surface area contributed by atoms with Gasteiger partial charge in [-0.25, -0.2) is 0 Å². The molecule has 0 N–H and O–H groups in total. The van der Waals surface area contributed by atoms with E-state index in [0.29, 0.717) is 50.1 Å². The molecule has 2 aromatic heterocycles. The third-order valence-electron chi connectivity index (χ3n) is 6.60. The number of piperidine rings is 1. The van der Waals surface area contributed by atoms with Gasteiger partial charge in [-0.05, 0) is 43.0 Å². The molecule has 5 rings (SSSR count). The molecule has 1 saturated heterocycles. The van der Waals surface area contributed by atoms with Gasteiger partial charge in [-0.1, -0.05) is 35.6 Å². The molecule has 0 spiro atoms. The molecule has 8 nitrogen and oxygen atoms in total. The maximum atomic E-state index is 13.5. The first-order valence-electron chi connectivity index (χ1n) is 11.3. The summed E-state index contributed by atoms with van der Waals surface area (Å²) in [5.41, 5.74) is 5.01. The van der Waals surface area contributed by atoms with Gasteiger partial charge < -0.3 is 9.80 Å². The Balaban J connectivity index is 1.30. The first-order valence-corrected chi connectivity index (χ1v) is 12.1. The molecular weight excluding hydrogens is 452 g/mol. The number of likely N-dealkylation sites (tertiary alicyclic amines) is 1. The largest absolute Gasteiger partial charge is 0.339 e. The number of hydrogen-bond donors (Lipinski definition) is 0. The van der Waals surface area contributed by atoms with Crippen LogP contribution in [0, 0.1) is 17.0 Å². The molecule has 0 unspecified atom stereocenters. The number of benzene rings is 1. The van der Waals surface area contributed by atoms with E-state index in [-0.39, 0.29) is 22.7 Å². The first-order chi connectivity index (χ1) is 16.4. The number of nitrogens with zero attached hydrogens (tertiary/aromatic N) is 4. The maximum absolute atomic E-state index is 13.5. The van der Waals surface area contributed by atoms with Gasteiger partial charge in [-0.15, -0.1) is 0 Å². The van der Waals surface area contributed by atoms with Crippen LogP contribution in [0.1, 0.15) is 62.0 Å². The molecule has 34 heavy (non-hydrogen) atoms. The summed E-state index contributed by atoms with van der Waals surface area (Å²) < 4.78 is 0. The Morgan fingerprint density at radius 1 is 1.03 bits per heavy atom. The zero-order valence-electron chi connectivity index (χ0n) is 18.8. The Hall–Kier alpha value is -3.59. The van der Waals surface area contributed by atoms with Crippen LogP contribution in [0.2, 0.25) is 0 Å². The van der Waals surface area contributed by atoms with Crippen LogP contribution >= 0.6 is 11.3 Å². The molecule has 2 aliphatic heterocycles. The highest BCUT2D eigenvalue weighted by Crippen LogP contribution is 2.33. The van der Waals surface area contributed by atoms with E-state index < -0.39 is 4.92 Å². The van der Waals surface area contributed by atoms with Gasteiger partial charge in [-0.2, -0.15) is 0 Å². The Labute approximate surface area is 201 Å². The lowest BCUT2D eigenvalue weighted by Gasteiger charge is -2.32. The van der Waals surface area contributed by atoms with E-state index in [4.69, 9.17) is 4.98 Å². The summed E-state index contributed by atoms with van der Waals surface area (Å²) in [6.07, 6.45) is 1.38. The van der Waals surface area contributed by atoms with E-state index >= 15 is 0 Å². The van der Waals surface area contributed by atoms with Crippen molar-refractivity contribution >= 4 is 28.2 Å².